The first-order chi connectivity index (χ1) is 13.9. The number of nitrogens with one attached hydrogen (secondary N) is 1. The molecule has 5 heteroatoms. The Morgan fingerprint density at radius 3 is 2.41 bits per heavy atom. The Labute approximate surface area is 174 Å². The van der Waals surface area contributed by atoms with E-state index in [4.69, 9.17) is 4.74 Å². The third kappa shape index (κ3) is 6.93. The van der Waals surface area contributed by atoms with Gasteiger partial charge < -0.3 is 15.0 Å². The highest BCUT2D eigenvalue weighted by molar-refractivity contribution is 5.88. The van der Waals surface area contributed by atoms with Crippen molar-refractivity contribution in [3.8, 4) is 5.75 Å². The summed E-state index contributed by atoms with van der Waals surface area (Å²) in [5, 5.41) is 2.93. The first-order valence-electron chi connectivity index (χ1n) is 10.2. The number of amides is 2. The molecule has 156 valence electrons. The van der Waals surface area contributed by atoms with Gasteiger partial charge >= 0.3 is 0 Å². The van der Waals surface area contributed by atoms with Crippen LogP contribution >= 0.6 is 0 Å². The predicted octanol–water partition coefficient (Wildman–Crippen LogP) is 4.02. The second-order valence-corrected chi connectivity index (χ2v) is 7.37. The predicted molar refractivity (Wildman–Crippen MR) is 116 cm³/mol. The Hall–Kier alpha value is -2.82. The van der Waals surface area contributed by atoms with E-state index in [9.17, 15) is 9.59 Å². The molecule has 0 radical (unpaired) electrons. The van der Waals surface area contributed by atoms with Gasteiger partial charge in [0, 0.05) is 13.1 Å². The van der Waals surface area contributed by atoms with E-state index in [1.807, 2.05) is 62.4 Å². The normalized spacial score (nSPS) is 11.6. The first-order valence-corrected chi connectivity index (χ1v) is 10.2. The average Bonchev–Trinajstić information content (AvgIpc) is 2.72. The molecular formula is C24H32N2O3. The lowest BCUT2D eigenvalue weighted by Crippen LogP contribution is -2.49. The van der Waals surface area contributed by atoms with Gasteiger partial charge in [-0.05, 0) is 50.5 Å². The molecule has 0 aliphatic carbocycles. The van der Waals surface area contributed by atoms with Crippen LogP contribution in [0.1, 0.15) is 43.4 Å². The molecule has 2 rings (SSSR count). The van der Waals surface area contributed by atoms with Gasteiger partial charge in [-0.1, -0.05) is 55.3 Å². The number of hydrogen-bond donors (Lipinski definition) is 1. The van der Waals surface area contributed by atoms with Crippen LogP contribution in [0.25, 0.3) is 0 Å². The average molecular weight is 397 g/mol. The second kappa shape index (κ2) is 11.2. The molecule has 0 bridgehead atoms. The summed E-state index contributed by atoms with van der Waals surface area (Å²) >= 11 is 0. The second-order valence-electron chi connectivity index (χ2n) is 7.37. The Kier molecular flexibility index (Phi) is 8.71. The van der Waals surface area contributed by atoms with Gasteiger partial charge in [0.05, 0.1) is 0 Å². The van der Waals surface area contributed by atoms with E-state index < -0.39 is 6.04 Å². The van der Waals surface area contributed by atoms with Gasteiger partial charge in [-0.2, -0.15) is 0 Å². The molecule has 0 aliphatic rings. The van der Waals surface area contributed by atoms with Gasteiger partial charge in [-0.15, -0.1) is 0 Å². The summed E-state index contributed by atoms with van der Waals surface area (Å²) in [5.74, 6) is 0.280. The van der Waals surface area contributed by atoms with Crippen LogP contribution < -0.4 is 10.1 Å². The molecule has 0 spiro atoms. The smallest absolute Gasteiger partial charge is 0.261 e. The Bertz CT molecular complexity index is 802. The monoisotopic (exact) mass is 396 g/mol. The van der Waals surface area contributed by atoms with Crippen LogP contribution in [0, 0.1) is 13.8 Å². The Balaban J connectivity index is 2.11. The molecular weight excluding hydrogens is 364 g/mol. The fraction of sp³-hybridized carbons (Fsp3) is 0.417. The zero-order valence-corrected chi connectivity index (χ0v) is 17.9. The molecule has 0 aliphatic heterocycles. The summed E-state index contributed by atoms with van der Waals surface area (Å²) < 4.78 is 5.68. The summed E-state index contributed by atoms with van der Waals surface area (Å²) in [7, 11) is 0. The maximum absolute atomic E-state index is 13.0. The Morgan fingerprint density at radius 1 is 1.07 bits per heavy atom. The highest BCUT2D eigenvalue weighted by Gasteiger charge is 2.26. The van der Waals surface area contributed by atoms with Crippen molar-refractivity contribution in [2.24, 2.45) is 0 Å². The molecule has 29 heavy (non-hydrogen) atoms. The van der Waals surface area contributed by atoms with Crippen LogP contribution in [0.15, 0.2) is 48.5 Å². The summed E-state index contributed by atoms with van der Waals surface area (Å²) in [5.41, 5.74) is 3.23. The fourth-order valence-corrected chi connectivity index (χ4v) is 2.95. The Morgan fingerprint density at radius 2 is 1.76 bits per heavy atom. The zero-order chi connectivity index (χ0) is 21.2. The molecule has 2 aromatic carbocycles. The molecule has 2 aromatic rings. The van der Waals surface area contributed by atoms with Crippen LogP contribution in [0.3, 0.4) is 0 Å². The van der Waals surface area contributed by atoms with E-state index in [2.05, 4.69) is 12.2 Å². The SMILES string of the molecule is CCCCNC(=O)[C@@H](C)N(Cc1ccccc1C)C(=O)COc1ccc(C)cc1. The van der Waals surface area contributed by atoms with Crippen LogP contribution in [-0.2, 0) is 16.1 Å². The number of carbonyl (C=O) groups is 2. The molecule has 5 nitrogen and oxygen atoms in total. The summed E-state index contributed by atoms with van der Waals surface area (Å²) in [6.45, 7) is 8.72. The van der Waals surface area contributed by atoms with Crippen LogP contribution in [0.5, 0.6) is 5.75 Å². The van der Waals surface area contributed by atoms with Crippen molar-refractivity contribution in [2.45, 2.75) is 53.1 Å². The van der Waals surface area contributed by atoms with E-state index in [1.54, 1.807) is 11.8 Å². The third-order valence-corrected chi connectivity index (χ3v) is 4.98. The molecule has 0 saturated carbocycles. The topological polar surface area (TPSA) is 58.6 Å². The zero-order valence-electron chi connectivity index (χ0n) is 17.9. The lowest BCUT2D eigenvalue weighted by Gasteiger charge is -2.29. The number of carbonyl (C=O) groups excluding carboxylic acids is 2. The number of ether oxygens (including phenoxy) is 1. The van der Waals surface area contributed by atoms with Gasteiger partial charge in [0.2, 0.25) is 5.91 Å². The highest BCUT2D eigenvalue weighted by atomic mass is 16.5. The van der Waals surface area contributed by atoms with E-state index in [0.29, 0.717) is 18.8 Å². The van der Waals surface area contributed by atoms with Gasteiger partial charge in [-0.25, -0.2) is 0 Å². The standard InChI is InChI=1S/C24H32N2O3/c1-5-6-15-25-24(28)20(4)26(16-21-10-8-7-9-19(21)3)23(27)17-29-22-13-11-18(2)12-14-22/h7-14,20H,5-6,15-17H2,1-4H3,(H,25,28)/t20-/m1/s1. The van der Waals surface area contributed by atoms with Crippen molar-refractivity contribution < 1.29 is 14.3 Å². The van der Waals surface area contributed by atoms with Crippen molar-refractivity contribution in [3.63, 3.8) is 0 Å². The van der Waals surface area contributed by atoms with Gasteiger partial charge in [0.15, 0.2) is 6.61 Å². The van der Waals surface area contributed by atoms with Crippen LogP contribution in [0.2, 0.25) is 0 Å². The maximum atomic E-state index is 13.0. The van der Waals surface area contributed by atoms with Crippen LogP contribution in [0.4, 0.5) is 0 Å². The quantitative estimate of drug-likeness (QED) is 0.617. The number of unbranched alkanes of at least 4 members (excludes halogenated alkanes) is 1. The molecule has 1 N–H and O–H groups in total. The third-order valence-electron chi connectivity index (χ3n) is 4.98. The van der Waals surface area contributed by atoms with Crippen molar-refractivity contribution in [3.05, 3.63) is 65.2 Å². The van der Waals surface area contributed by atoms with Gasteiger partial charge in [0.25, 0.3) is 5.91 Å². The number of rotatable bonds is 10. The van der Waals surface area contributed by atoms with Crippen molar-refractivity contribution in [1.29, 1.82) is 0 Å². The largest absolute Gasteiger partial charge is 0.484 e. The molecule has 0 heterocycles. The maximum Gasteiger partial charge on any atom is 0.261 e. The van der Waals surface area contributed by atoms with Gasteiger partial charge in [0.1, 0.15) is 11.8 Å². The van der Waals surface area contributed by atoms with E-state index in [0.717, 1.165) is 29.5 Å². The van der Waals surface area contributed by atoms with E-state index >= 15 is 0 Å². The number of hydrogen-bond acceptors (Lipinski definition) is 3. The van der Waals surface area contributed by atoms with Crippen LogP contribution in [-0.4, -0.2) is 35.9 Å². The van der Waals surface area contributed by atoms with Gasteiger partial charge in [-0.3, -0.25) is 9.59 Å². The summed E-state index contributed by atoms with van der Waals surface area (Å²) in [6.07, 6.45) is 1.92. The molecule has 0 fully saturated rings. The minimum atomic E-state index is -0.583. The highest BCUT2D eigenvalue weighted by Crippen LogP contribution is 2.15. The molecule has 2 amide bonds. The first kappa shape index (κ1) is 22.5. The lowest BCUT2D eigenvalue weighted by atomic mass is 10.1. The molecule has 0 unspecified atom stereocenters. The molecule has 0 aromatic heterocycles. The summed E-state index contributed by atoms with van der Waals surface area (Å²) in [6, 6.07) is 14.9. The van der Waals surface area contributed by atoms with Crippen molar-refractivity contribution in [2.75, 3.05) is 13.2 Å². The summed E-state index contributed by atoms with van der Waals surface area (Å²) in [4.78, 5) is 27.2. The minimum Gasteiger partial charge on any atom is -0.484 e. The lowest BCUT2D eigenvalue weighted by molar-refractivity contribution is -0.142. The van der Waals surface area contributed by atoms with E-state index in [-0.39, 0.29) is 18.4 Å². The van der Waals surface area contributed by atoms with E-state index in [1.165, 1.54) is 0 Å². The van der Waals surface area contributed by atoms with Crippen molar-refractivity contribution in [1.82, 2.24) is 10.2 Å². The fourth-order valence-electron chi connectivity index (χ4n) is 2.95. The molecule has 1 atom stereocenters. The number of aryl methyl sites for hydroxylation is 2. The number of nitrogens with zero attached hydrogens (tertiary/aromatic N) is 1. The van der Waals surface area contributed by atoms with Crippen molar-refractivity contribution >= 4 is 11.8 Å². The molecule has 0 saturated heterocycles. The minimum absolute atomic E-state index is 0.110. The number of benzene rings is 2.